The molecule has 0 saturated carbocycles. The minimum absolute atomic E-state index is 0.357. The van der Waals surface area contributed by atoms with Gasteiger partial charge in [0.1, 0.15) is 6.04 Å². The summed E-state index contributed by atoms with van der Waals surface area (Å²) in [6, 6.07) is 17.2. The highest BCUT2D eigenvalue weighted by Gasteiger charge is 2.17. The smallest absolute Gasteiger partial charge is 0.171 e. The van der Waals surface area contributed by atoms with E-state index in [-0.39, 0.29) is 0 Å². The maximum atomic E-state index is 5.44. The van der Waals surface area contributed by atoms with E-state index in [1.54, 1.807) is 0 Å². The molecule has 0 aromatic heterocycles. The van der Waals surface area contributed by atoms with Crippen molar-refractivity contribution >= 4 is 23.0 Å². The Morgan fingerprint density at radius 2 is 1.74 bits per heavy atom. The molecule has 2 rings (SSSR count). The Kier molecular flexibility index (Phi) is 6.13. The molecule has 0 amide bonds. The highest BCUT2D eigenvalue weighted by Crippen LogP contribution is 2.14. The highest BCUT2D eigenvalue weighted by atomic mass is 32.1. The maximum absolute atomic E-state index is 5.44. The van der Waals surface area contributed by atoms with Crippen LogP contribution in [-0.2, 0) is 0 Å². The van der Waals surface area contributed by atoms with Gasteiger partial charge in [0.15, 0.2) is 5.11 Å². The second-order valence-electron chi connectivity index (χ2n) is 6.17. The van der Waals surface area contributed by atoms with Crippen molar-refractivity contribution in [2.75, 3.05) is 26.0 Å². The lowest BCUT2D eigenvalue weighted by Crippen LogP contribution is -3.07. The zero-order valence-electron chi connectivity index (χ0n) is 14.3. The van der Waals surface area contributed by atoms with Crippen LogP contribution in [-0.4, -0.2) is 25.8 Å². The van der Waals surface area contributed by atoms with Gasteiger partial charge in [0, 0.05) is 11.3 Å². The minimum Gasteiger partial charge on any atom is -0.356 e. The monoisotopic (exact) mass is 328 g/mol. The summed E-state index contributed by atoms with van der Waals surface area (Å²) in [5.41, 5.74) is 4.89. The van der Waals surface area contributed by atoms with E-state index in [0.717, 1.165) is 12.2 Å². The van der Waals surface area contributed by atoms with Crippen LogP contribution in [0.3, 0.4) is 0 Å². The molecule has 23 heavy (non-hydrogen) atoms. The summed E-state index contributed by atoms with van der Waals surface area (Å²) in [5.74, 6) is 0. The van der Waals surface area contributed by atoms with Crippen molar-refractivity contribution in [2.24, 2.45) is 0 Å². The van der Waals surface area contributed by atoms with Crippen molar-refractivity contribution in [3.05, 3.63) is 65.2 Å². The van der Waals surface area contributed by atoms with Crippen molar-refractivity contribution < 1.29 is 4.90 Å². The van der Waals surface area contributed by atoms with E-state index in [9.17, 15) is 0 Å². The highest BCUT2D eigenvalue weighted by molar-refractivity contribution is 7.80. The van der Waals surface area contributed by atoms with E-state index < -0.39 is 0 Å². The first kappa shape index (κ1) is 17.4. The lowest BCUT2D eigenvalue weighted by Gasteiger charge is -2.23. The number of hydrogen-bond acceptors (Lipinski definition) is 1. The van der Waals surface area contributed by atoms with Crippen molar-refractivity contribution in [1.82, 2.24) is 5.32 Å². The van der Waals surface area contributed by atoms with Crippen LogP contribution in [0.15, 0.2) is 48.5 Å². The molecule has 2 aromatic rings. The molecule has 0 fully saturated rings. The fourth-order valence-electron chi connectivity index (χ4n) is 2.53. The van der Waals surface area contributed by atoms with Crippen LogP contribution in [0.2, 0.25) is 0 Å². The third-order valence-electron chi connectivity index (χ3n) is 4.13. The molecule has 0 saturated heterocycles. The van der Waals surface area contributed by atoms with E-state index in [1.807, 2.05) is 6.07 Å². The molecule has 0 radical (unpaired) electrons. The van der Waals surface area contributed by atoms with Gasteiger partial charge in [-0.15, -0.1) is 0 Å². The summed E-state index contributed by atoms with van der Waals surface area (Å²) < 4.78 is 0. The van der Waals surface area contributed by atoms with Crippen LogP contribution >= 0.6 is 12.2 Å². The predicted octanol–water partition coefficient (Wildman–Crippen LogP) is 2.48. The number of rotatable bonds is 5. The zero-order chi connectivity index (χ0) is 16.8. The van der Waals surface area contributed by atoms with E-state index in [0.29, 0.717) is 11.2 Å². The molecule has 0 heterocycles. The van der Waals surface area contributed by atoms with Crippen LogP contribution < -0.4 is 15.5 Å². The normalized spacial score (nSPS) is 12.0. The first-order valence-electron chi connectivity index (χ1n) is 7.94. The van der Waals surface area contributed by atoms with Crippen molar-refractivity contribution in [3.8, 4) is 0 Å². The van der Waals surface area contributed by atoms with Crippen LogP contribution in [0.1, 0.15) is 22.7 Å². The molecule has 2 aromatic carbocycles. The average molecular weight is 329 g/mol. The van der Waals surface area contributed by atoms with Crippen LogP contribution in [0, 0.1) is 13.8 Å². The molecule has 3 nitrogen and oxygen atoms in total. The van der Waals surface area contributed by atoms with Crippen molar-refractivity contribution in [2.45, 2.75) is 19.9 Å². The summed E-state index contributed by atoms with van der Waals surface area (Å²) in [4.78, 5) is 1.37. The average Bonchev–Trinajstić information content (AvgIpc) is 2.52. The Morgan fingerprint density at radius 1 is 1.04 bits per heavy atom. The Labute approximate surface area is 144 Å². The van der Waals surface area contributed by atoms with Crippen LogP contribution in [0.25, 0.3) is 0 Å². The van der Waals surface area contributed by atoms with E-state index in [4.69, 9.17) is 12.2 Å². The molecular formula is C19H26N3S+. The quantitative estimate of drug-likeness (QED) is 0.737. The number of thiocarbonyl (C=S) groups is 1. The summed E-state index contributed by atoms with van der Waals surface area (Å²) >= 11 is 5.44. The molecule has 0 aliphatic carbocycles. The molecule has 0 spiro atoms. The van der Waals surface area contributed by atoms with Gasteiger partial charge in [0.05, 0.1) is 20.6 Å². The lowest BCUT2D eigenvalue weighted by molar-refractivity contribution is -0.890. The summed E-state index contributed by atoms with van der Waals surface area (Å²) in [5, 5.41) is 7.27. The number of quaternary nitrogens is 1. The topological polar surface area (TPSA) is 28.5 Å². The second kappa shape index (κ2) is 8.09. The molecule has 3 N–H and O–H groups in total. The molecule has 1 atom stereocenters. The van der Waals surface area contributed by atoms with Crippen LogP contribution in [0.5, 0.6) is 0 Å². The fraction of sp³-hybridized carbons (Fsp3) is 0.316. The van der Waals surface area contributed by atoms with E-state index in [1.165, 1.54) is 21.6 Å². The zero-order valence-corrected chi connectivity index (χ0v) is 15.1. The molecular weight excluding hydrogens is 302 g/mol. The Balaban J connectivity index is 1.95. The minimum atomic E-state index is 0.357. The summed E-state index contributed by atoms with van der Waals surface area (Å²) in [6.45, 7) is 5.01. The third kappa shape index (κ3) is 5.05. The van der Waals surface area contributed by atoms with E-state index >= 15 is 0 Å². The molecule has 0 aliphatic rings. The molecule has 0 unspecified atom stereocenters. The Hall–Kier alpha value is -1.91. The van der Waals surface area contributed by atoms with Gasteiger partial charge in [0.2, 0.25) is 0 Å². The molecule has 0 bridgehead atoms. The molecule has 0 aliphatic heterocycles. The predicted molar refractivity (Wildman–Crippen MR) is 102 cm³/mol. The van der Waals surface area contributed by atoms with E-state index in [2.05, 4.69) is 81.0 Å². The first-order chi connectivity index (χ1) is 11.0. The van der Waals surface area contributed by atoms with Crippen LogP contribution in [0.4, 0.5) is 5.69 Å². The second-order valence-corrected chi connectivity index (χ2v) is 6.58. The Morgan fingerprint density at radius 3 is 2.35 bits per heavy atom. The van der Waals surface area contributed by atoms with Crippen molar-refractivity contribution in [3.63, 3.8) is 0 Å². The standard InChI is InChI=1S/C19H25N3S/c1-14-10-11-17(12-15(14)2)21-19(23)20-13-18(22(3)4)16-8-6-5-7-9-16/h5-12,18H,13H2,1-4H3,(H2,20,21,23)/p+1/t18-/m0/s1. The SMILES string of the molecule is Cc1ccc(NC(=S)NC[C@@H](c2ccccc2)[NH+](C)C)cc1C. The van der Waals surface area contributed by atoms with Gasteiger partial charge in [-0.05, 0) is 49.3 Å². The number of benzene rings is 2. The van der Waals surface area contributed by atoms with Gasteiger partial charge in [0.25, 0.3) is 0 Å². The first-order valence-corrected chi connectivity index (χ1v) is 8.35. The summed E-state index contributed by atoms with van der Waals surface area (Å²) in [7, 11) is 4.33. The van der Waals surface area contributed by atoms with Gasteiger partial charge < -0.3 is 15.5 Å². The summed E-state index contributed by atoms with van der Waals surface area (Å²) in [6.07, 6.45) is 0. The Bertz CT molecular complexity index is 653. The van der Waals surface area contributed by atoms with Gasteiger partial charge in [-0.25, -0.2) is 0 Å². The number of nitrogens with one attached hydrogen (secondary N) is 3. The lowest BCUT2D eigenvalue weighted by atomic mass is 10.1. The molecule has 4 heteroatoms. The third-order valence-corrected chi connectivity index (χ3v) is 4.38. The number of hydrogen-bond donors (Lipinski definition) is 3. The fourth-order valence-corrected chi connectivity index (χ4v) is 2.73. The largest absolute Gasteiger partial charge is 0.356 e. The van der Waals surface area contributed by atoms with Gasteiger partial charge in [-0.1, -0.05) is 36.4 Å². The number of anilines is 1. The van der Waals surface area contributed by atoms with Gasteiger partial charge >= 0.3 is 0 Å². The maximum Gasteiger partial charge on any atom is 0.171 e. The van der Waals surface area contributed by atoms with Gasteiger partial charge in [-0.2, -0.15) is 0 Å². The van der Waals surface area contributed by atoms with Crippen molar-refractivity contribution in [1.29, 1.82) is 0 Å². The number of aryl methyl sites for hydroxylation is 2. The molecule has 122 valence electrons. The number of likely N-dealkylation sites (N-methyl/N-ethyl adjacent to an activating group) is 1. The van der Waals surface area contributed by atoms with Gasteiger partial charge in [-0.3, -0.25) is 0 Å².